The predicted molar refractivity (Wildman–Crippen MR) is 68.8 cm³/mol. The van der Waals surface area contributed by atoms with Gasteiger partial charge < -0.3 is 11.1 Å². The van der Waals surface area contributed by atoms with Gasteiger partial charge in [0.25, 0.3) is 0 Å². The highest BCUT2D eigenvalue weighted by Gasteiger charge is 2.13. The number of aromatic nitrogens is 1. The summed E-state index contributed by atoms with van der Waals surface area (Å²) in [4.78, 5) is 15.5. The molecule has 1 amide bonds. The van der Waals surface area contributed by atoms with Crippen LogP contribution < -0.4 is 11.1 Å². The number of nitrogens with one attached hydrogen (secondary N) is 1. The van der Waals surface area contributed by atoms with Crippen molar-refractivity contribution in [2.45, 2.75) is 18.4 Å². The zero-order valence-electron chi connectivity index (χ0n) is 10.4. The average molecular weight is 271 g/mol. The van der Waals surface area contributed by atoms with Gasteiger partial charge in [-0.05, 0) is 25.1 Å². The van der Waals surface area contributed by atoms with Gasteiger partial charge in [0.1, 0.15) is 0 Å². The van der Waals surface area contributed by atoms with E-state index >= 15 is 0 Å². The topological polar surface area (TPSA) is 102 Å². The fraction of sp³-hybridized carbons (Fsp3) is 0.455. The van der Waals surface area contributed by atoms with Crippen molar-refractivity contribution in [2.24, 2.45) is 11.7 Å². The maximum absolute atomic E-state index is 11.7. The Morgan fingerprint density at radius 1 is 1.50 bits per heavy atom. The summed E-state index contributed by atoms with van der Waals surface area (Å²) in [6, 6.07) is 2.87. The van der Waals surface area contributed by atoms with Gasteiger partial charge in [0.05, 0.1) is 11.9 Å². The molecule has 0 saturated carbocycles. The Hall–Kier alpha value is -1.47. The molecule has 0 radical (unpaired) electrons. The Bertz CT molecular complexity index is 511. The smallest absolute Gasteiger partial charge is 0.227 e. The van der Waals surface area contributed by atoms with Crippen molar-refractivity contribution in [1.82, 2.24) is 4.98 Å². The van der Waals surface area contributed by atoms with Gasteiger partial charge >= 0.3 is 0 Å². The largest absolute Gasteiger partial charge is 0.330 e. The monoisotopic (exact) mass is 271 g/mol. The van der Waals surface area contributed by atoms with Crippen LogP contribution in [0.4, 0.5) is 5.69 Å². The Morgan fingerprint density at radius 2 is 2.17 bits per heavy atom. The van der Waals surface area contributed by atoms with Gasteiger partial charge in [0, 0.05) is 12.2 Å². The van der Waals surface area contributed by atoms with E-state index in [1.54, 1.807) is 6.92 Å². The first-order valence-corrected chi connectivity index (χ1v) is 7.40. The summed E-state index contributed by atoms with van der Waals surface area (Å²) in [6.45, 7) is 2.22. The summed E-state index contributed by atoms with van der Waals surface area (Å²) >= 11 is 0. The van der Waals surface area contributed by atoms with Crippen LogP contribution in [-0.2, 0) is 14.6 Å². The molecule has 0 bridgehead atoms. The normalized spacial score (nSPS) is 13.1. The molecule has 100 valence electrons. The minimum absolute atomic E-state index is 0.0181. The lowest BCUT2D eigenvalue weighted by molar-refractivity contribution is -0.119. The maximum Gasteiger partial charge on any atom is 0.227 e. The fourth-order valence-corrected chi connectivity index (χ4v) is 1.88. The summed E-state index contributed by atoms with van der Waals surface area (Å²) < 4.78 is 22.4. The Kier molecular flexibility index (Phi) is 4.80. The van der Waals surface area contributed by atoms with Crippen LogP contribution in [0.1, 0.15) is 13.3 Å². The molecular formula is C11H17N3O3S. The molecule has 0 aliphatic rings. The standard InChI is InChI=1S/C11H17N3O3S/c1-8(5-6-12)11(15)14-9-3-4-10(13-7-9)18(2,16)17/h3-4,7-8H,5-6,12H2,1-2H3,(H,14,15). The van der Waals surface area contributed by atoms with E-state index in [0.717, 1.165) is 6.26 Å². The van der Waals surface area contributed by atoms with Crippen LogP contribution in [0.2, 0.25) is 0 Å². The van der Waals surface area contributed by atoms with E-state index in [0.29, 0.717) is 18.7 Å². The summed E-state index contributed by atoms with van der Waals surface area (Å²) in [5.74, 6) is -0.348. The van der Waals surface area contributed by atoms with Gasteiger partial charge in [0.2, 0.25) is 5.91 Å². The molecule has 0 aliphatic heterocycles. The number of carbonyl (C=O) groups is 1. The molecule has 7 heteroatoms. The molecule has 0 saturated heterocycles. The minimum atomic E-state index is -3.31. The van der Waals surface area contributed by atoms with Gasteiger partial charge in [-0.1, -0.05) is 6.92 Å². The van der Waals surface area contributed by atoms with Crippen LogP contribution in [0.5, 0.6) is 0 Å². The number of nitrogens with two attached hydrogens (primary N) is 1. The molecule has 0 spiro atoms. The number of amides is 1. The first kappa shape index (κ1) is 14.6. The van der Waals surface area contributed by atoms with Gasteiger partial charge in [-0.25, -0.2) is 13.4 Å². The lowest BCUT2D eigenvalue weighted by Gasteiger charge is -2.10. The highest BCUT2D eigenvalue weighted by molar-refractivity contribution is 7.90. The molecule has 0 fully saturated rings. The lowest BCUT2D eigenvalue weighted by Crippen LogP contribution is -2.22. The summed E-state index contributed by atoms with van der Waals surface area (Å²) in [7, 11) is -3.31. The van der Waals surface area contributed by atoms with E-state index in [1.807, 2.05) is 0 Å². The van der Waals surface area contributed by atoms with Gasteiger partial charge in [-0.15, -0.1) is 0 Å². The zero-order valence-corrected chi connectivity index (χ0v) is 11.2. The number of anilines is 1. The molecule has 1 aromatic rings. The van der Waals surface area contributed by atoms with Crippen molar-refractivity contribution in [3.63, 3.8) is 0 Å². The lowest BCUT2D eigenvalue weighted by atomic mass is 10.1. The van der Waals surface area contributed by atoms with Crippen molar-refractivity contribution in [1.29, 1.82) is 0 Å². The van der Waals surface area contributed by atoms with Crippen LogP contribution in [-0.4, -0.2) is 32.1 Å². The zero-order chi connectivity index (χ0) is 13.8. The third-order valence-electron chi connectivity index (χ3n) is 2.43. The third-order valence-corrected chi connectivity index (χ3v) is 3.43. The molecule has 1 atom stereocenters. The predicted octanol–water partition coefficient (Wildman–Crippen LogP) is 0.408. The van der Waals surface area contributed by atoms with Gasteiger partial charge in [0.15, 0.2) is 14.9 Å². The Labute approximate surface area is 107 Å². The molecule has 1 heterocycles. The van der Waals surface area contributed by atoms with Crippen LogP contribution in [0.25, 0.3) is 0 Å². The molecule has 1 aromatic heterocycles. The van der Waals surface area contributed by atoms with Gasteiger partial charge in [-0.2, -0.15) is 0 Å². The van der Waals surface area contributed by atoms with Crippen LogP contribution >= 0.6 is 0 Å². The van der Waals surface area contributed by atoms with Crippen molar-refractivity contribution < 1.29 is 13.2 Å². The fourth-order valence-electron chi connectivity index (χ4n) is 1.32. The summed E-state index contributed by atoms with van der Waals surface area (Å²) in [5, 5.41) is 2.64. The van der Waals surface area contributed by atoms with E-state index in [2.05, 4.69) is 10.3 Å². The number of sulfone groups is 1. The van der Waals surface area contributed by atoms with Crippen molar-refractivity contribution >= 4 is 21.4 Å². The number of pyridine rings is 1. The second-order valence-corrected chi connectivity index (χ2v) is 6.09. The van der Waals surface area contributed by atoms with Crippen LogP contribution in [0, 0.1) is 5.92 Å². The minimum Gasteiger partial charge on any atom is -0.330 e. The molecule has 0 aromatic carbocycles. The molecule has 6 nitrogen and oxygen atoms in total. The molecule has 1 unspecified atom stereocenters. The molecule has 0 aliphatic carbocycles. The number of hydrogen-bond acceptors (Lipinski definition) is 5. The highest BCUT2D eigenvalue weighted by atomic mass is 32.2. The van der Waals surface area contributed by atoms with Crippen molar-refractivity contribution in [3.8, 4) is 0 Å². The Morgan fingerprint density at radius 3 is 2.61 bits per heavy atom. The maximum atomic E-state index is 11.7. The average Bonchev–Trinajstić information content (AvgIpc) is 2.28. The number of nitrogens with zero attached hydrogens (tertiary/aromatic N) is 1. The number of hydrogen-bond donors (Lipinski definition) is 2. The second-order valence-electron chi connectivity index (χ2n) is 4.12. The molecule has 18 heavy (non-hydrogen) atoms. The van der Waals surface area contributed by atoms with Crippen LogP contribution in [0.15, 0.2) is 23.4 Å². The van der Waals surface area contributed by atoms with Crippen molar-refractivity contribution in [2.75, 3.05) is 18.1 Å². The second kappa shape index (κ2) is 5.92. The van der Waals surface area contributed by atoms with E-state index in [4.69, 9.17) is 5.73 Å². The number of carbonyl (C=O) groups excluding carboxylic acids is 1. The van der Waals surface area contributed by atoms with E-state index in [-0.39, 0.29) is 16.9 Å². The third kappa shape index (κ3) is 4.08. The van der Waals surface area contributed by atoms with E-state index in [1.165, 1.54) is 18.3 Å². The van der Waals surface area contributed by atoms with E-state index in [9.17, 15) is 13.2 Å². The first-order chi connectivity index (χ1) is 8.34. The molecule has 1 rings (SSSR count). The highest BCUT2D eigenvalue weighted by Crippen LogP contribution is 2.12. The Balaban J connectivity index is 2.73. The summed E-state index contributed by atoms with van der Waals surface area (Å²) in [5.41, 5.74) is 5.84. The molecule has 3 N–H and O–H groups in total. The number of rotatable bonds is 5. The SMILES string of the molecule is CC(CCN)C(=O)Nc1ccc(S(C)(=O)=O)nc1. The van der Waals surface area contributed by atoms with Crippen LogP contribution in [0.3, 0.4) is 0 Å². The molecular weight excluding hydrogens is 254 g/mol. The summed E-state index contributed by atoms with van der Waals surface area (Å²) in [6.07, 6.45) is 3.00. The van der Waals surface area contributed by atoms with Crippen molar-refractivity contribution in [3.05, 3.63) is 18.3 Å². The van der Waals surface area contributed by atoms with E-state index < -0.39 is 9.84 Å². The van der Waals surface area contributed by atoms with Gasteiger partial charge in [-0.3, -0.25) is 4.79 Å². The first-order valence-electron chi connectivity index (χ1n) is 5.51. The quantitative estimate of drug-likeness (QED) is 0.807.